The molecule has 0 aliphatic heterocycles. The topological polar surface area (TPSA) is 68.3 Å². The van der Waals surface area contributed by atoms with Crippen molar-refractivity contribution in [1.82, 2.24) is 9.97 Å². The van der Waals surface area contributed by atoms with Crippen molar-refractivity contribution in [3.63, 3.8) is 0 Å². The summed E-state index contributed by atoms with van der Waals surface area (Å²) in [7, 11) is 1.64. The van der Waals surface area contributed by atoms with E-state index in [0.717, 1.165) is 30.3 Å². The number of nitrogens with zero attached hydrogens (tertiary/aromatic N) is 2. The van der Waals surface area contributed by atoms with Crippen LogP contribution < -0.4 is 20.1 Å². The van der Waals surface area contributed by atoms with E-state index < -0.39 is 0 Å². The highest BCUT2D eigenvalue weighted by Crippen LogP contribution is 2.16. The fourth-order valence-corrected chi connectivity index (χ4v) is 1.80. The van der Waals surface area contributed by atoms with E-state index in [4.69, 9.17) is 9.47 Å². The number of benzene rings is 1. The molecule has 2 aromatic rings. The molecule has 1 aromatic carbocycles. The Hall–Kier alpha value is -2.50. The molecule has 1 aromatic heterocycles. The number of nitrogens with one attached hydrogen (secondary N) is 2. The zero-order valence-corrected chi connectivity index (χ0v) is 13.0. The van der Waals surface area contributed by atoms with Gasteiger partial charge in [0.1, 0.15) is 23.9 Å². The Balaban J connectivity index is 1.73. The predicted octanol–water partition coefficient (Wildman–Crippen LogP) is 2.80. The number of anilines is 2. The predicted molar refractivity (Wildman–Crippen MR) is 87.8 cm³/mol. The van der Waals surface area contributed by atoms with E-state index in [-0.39, 0.29) is 0 Å². The zero-order chi connectivity index (χ0) is 15.6. The SMILES string of the molecule is CCCNc1ccnc(NCCOc2ccc(OC)cc2)n1. The Morgan fingerprint density at radius 3 is 2.50 bits per heavy atom. The average molecular weight is 302 g/mol. The molecule has 6 nitrogen and oxygen atoms in total. The van der Waals surface area contributed by atoms with Gasteiger partial charge >= 0.3 is 0 Å². The largest absolute Gasteiger partial charge is 0.497 e. The van der Waals surface area contributed by atoms with Crippen molar-refractivity contribution in [3.05, 3.63) is 36.5 Å². The van der Waals surface area contributed by atoms with Crippen molar-refractivity contribution in [2.24, 2.45) is 0 Å². The summed E-state index contributed by atoms with van der Waals surface area (Å²) in [5.74, 6) is 3.05. The first kappa shape index (κ1) is 15.9. The lowest BCUT2D eigenvalue weighted by atomic mass is 10.3. The van der Waals surface area contributed by atoms with E-state index in [2.05, 4.69) is 27.5 Å². The minimum Gasteiger partial charge on any atom is -0.497 e. The van der Waals surface area contributed by atoms with Gasteiger partial charge in [-0.2, -0.15) is 4.98 Å². The van der Waals surface area contributed by atoms with Crippen LogP contribution >= 0.6 is 0 Å². The van der Waals surface area contributed by atoms with Crippen LogP contribution in [0.4, 0.5) is 11.8 Å². The highest BCUT2D eigenvalue weighted by molar-refractivity contribution is 5.39. The Morgan fingerprint density at radius 2 is 1.77 bits per heavy atom. The molecule has 0 fully saturated rings. The number of aromatic nitrogens is 2. The summed E-state index contributed by atoms with van der Waals surface area (Å²) in [5.41, 5.74) is 0. The normalized spacial score (nSPS) is 10.1. The Bertz CT molecular complexity index is 560. The zero-order valence-electron chi connectivity index (χ0n) is 13.0. The van der Waals surface area contributed by atoms with Crippen molar-refractivity contribution >= 4 is 11.8 Å². The van der Waals surface area contributed by atoms with Crippen LogP contribution in [0.5, 0.6) is 11.5 Å². The third kappa shape index (κ3) is 5.12. The fraction of sp³-hybridized carbons (Fsp3) is 0.375. The molecule has 2 N–H and O–H groups in total. The summed E-state index contributed by atoms with van der Waals surface area (Å²) in [6.45, 7) is 4.17. The van der Waals surface area contributed by atoms with Gasteiger partial charge in [-0.25, -0.2) is 4.98 Å². The van der Waals surface area contributed by atoms with Crippen molar-refractivity contribution in [3.8, 4) is 11.5 Å². The van der Waals surface area contributed by atoms with Gasteiger partial charge in [0, 0.05) is 12.7 Å². The molecule has 0 spiro atoms. The minimum atomic E-state index is 0.530. The maximum absolute atomic E-state index is 5.63. The number of methoxy groups -OCH3 is 1. The number of rotatable bonds is 9. The van der Waals surface area contributed by atoms with Crippen LogP contribution in [0.25, 0.3) is 0 Å². The molecule has 0 saturated carbocycles. The summed E-state index contributed by atoms with van der Waals surface area (Å²) in [6.07, 6.45) is 2.79. The second kappa shape index (κ2) is 8.71. The van der Waals surface area contributed by atoms with E-state index >= 15 is 0 Å². The molecule has 118 valence electrons. The van der Waals surface area contributed by atoms with Crippen LogP contribution in [0.3, 0.4) is 0 Å². The Kier molecular flexibility index (Phi) is 6.29. The monoisotopic (exact) mass is 302 g/mol. The molecule has 0 aliphatic rings. The van der Waals surface area contributed by atoms with Gasteiger partial charge in [0.05, 0.1) is 13.7 Å². The molecule has 0 amide bonds. The smallest absolute Gasteiger partial charge is 0.224 e. The van der Waals surface area contributed by atoms with Gasteiger partial charge in [-0.15, -0.1) is 0 Å². The number of hydrogen-bond donors (Lipinski definition) is 2. The molecule has 0 radical (unpaired) electrons. The molecule has 0 aliphatic carbocycles. The van der Waals surface area contributed by atoms with Crippen LogP contribution in [0.15, 0.2) is 36.5 Å². The van der Waals surface area contributed by atoms with Gasteiger partial charge in [0.25, 0.3) is 0 Å². The first-order valence-corrected chi connectivity index (χ1v) is 7.39. The van der Waals surface area contributed by atoms with Gasteiger partial charge in [-0.1, -0.05) is 6.92 Å². The summed E-state index contributed by atoms with van der Waals surface area (Å²) in [5, 5.41) is 6.37. The molecule has 0 bridgehead atoms. The van der Waals surface area contributed by atoms with Crippen molar-refractivity contribution < 1.29 is 9.47 Å². The first-order valence-electron chi connectivity index (χ1n) is 7.39. The van der Waals surface area contributed by atoms with Gasteiger partial charge in [0.15, 0.2) is 0 Å². The summed E-state index contributed by atoms with van der Waals surface area (Å²) in [4.78, 5) is 8.55. The molecule has 22 heavy (non-hydrogen) atoms. The molecular formula is C16H22N4O2. The average Bonchev–Trinajstić information content (AvgIpc) is 2.58. The Labute approximate surface area is 130 Å². The van der Waals surface area contributed by atoms with Crippen LogP contribution in [0.2, 0.25) is 0 Å². The lowest BCUT2D eigenvalue weighted by molar-refractivity contribution is 0.331. The van der Waals surface area contributed by atoms with E-state index in [0.29, 0.717) is 19.1 Å². The first-order chi connectivity index (χ1) is 10.8. The molecule has 0 unspecified atom stereocenters. The highest BCUT2D eigenvalue weighted by Gasteiger charge is 1.99. The highest BCUT2D eigenvalue weighted by atomic mass is 16.5. The fourth-order valence-electron chi connectivity index (χ4n) is 1.80. The number of ether oxygens (including phenoxy) is 2. The maximum atomic E-state index is 5.63. The second-order valence-corrected chi connectivity index (χ2v) is 4.64. The van der Waals surface area contributed by atoms with E-state index in [9.17, 15) is 0 Å². The van der Waals surface area contributed by atoms with Gasteiger partial charge in [-0.3, -0.25) is 0 Å². The summed E-state index contributed by atoms with van der Waals surface area (Å²) in [6, 6.07) is 9.35. The number of hydrogen-bond acceptors (Lipinski definition) is 6. The molecule has 6 heteroatoms. The third-order valence-corrected chi connectivity index (χ3v) is 2.93. The van der Waals surface area contributed by atoms with Crippen LogP contribution in [0, 0.1) is 0 Å². The minimum absolute atomic E-state index is 0.530. The van der Waals surface area contributed by atoms with Gasteiger partial charge in [-0.05, 0) is 36.8 Å². The van der Waals surface area contributed by atoms with E-state index in [1.807, 2.05) is 30.3 Å². The standard InChI is InChI=1S/C16H22N4O2/c1-3-9-17-15-8-10-18-16(20-15)19-11-12-22-14-6-4-13(21-2)5-7-14/h4-8,10H,3,9,11-12H2,1-2H3,(H2,17,18,19,20). The second-order valence-electron chi connectivity index (χ2n) is 4.64. The van der Waals surface area contributed by atoms with Crippen LogP contribution in [-0.2, 0) is 0 Å². The maximum Gasteiger partial charge on any atom is 0.224 e. The van der Waals surface area contributed by atoms with Crippen molar-refractivity contribution in [1.29, 1.82) is 0 Å². The van der Waals surface area contributed by atoms with Gasteiger partial charge < -0.3 is 20.1 Å². The van der Waals surface area contributed by atoms with Crippen molar-refractivity contribution in [2.45, 2.75) is 13.3 Å². The van der Waals surface area contributed by atoms with E-state index in [1.54, 1.807) is 13.3 Å². The molecule has 0 saturated heterocycles. The molecule has 0 atom stereocenters. The lowest BCUT2D eigenvalue weighted by Crippen LogP contribution is -2.14. The van der Waals surface area contributed by atoms with Gasteiger partial charge in [0.2, 0.25) is 5.95 Å². The van der Waals surface area contributed by atoms with Crippen LogP contribution in [0.1, 0.15) is 13.3 Å². The van der Waals surface area contributed by atoms with Crippen molar-refractivity contribution in [2.75, 3.05) is 37.4 Å². The summed E-state index contributed by atoms with van der Waals surface area (Å²) >= 11 is 0. The molecular weight excluding hydrogens is 280 g/mol. The molecule has 1 heterocycles. The lowest BCUT2D eigenvalue weighted by Gasteiger charge is -2.09. The quantitative estimate of drug-likeness (QED) is 0.694. The molecule has 2 rings (SSSR count). The summed E-state index contributed by atoms with van der Waals surface area (Å²) < 4.78 is 10.7. The van der Waals surface area contributed by atoms with Crippen LogP contribution in [-0.4, -0.2) is 36.8 Å². The third-order valence-electron chi connectivity index (χ3n) is 2.93. The Morgan fingerprint density at radius 1 is 1.00 bits per heavy atom. The van der Waals surface area contributed by atoms with E-state index in [1.165, 1.54) is 0 Å².